The van der Waals surface area contributed by atoms with Crippen LogP contribution in [0.25, 0.3) is 0 Å². The quantitative estimate of drug-likeness (QED) is 0.596. The molecule has 3 rings (SSSR count). The van der Waals surface area contributed by atoms with Gasteiger partial charge in [-0.05, 0) is 53.9 Å². The van der Waals surface area contributed by atoms with Gasteiger partial charge < -0.3 is 14.8 Å². The zero-order chi connectivity index (χ0) is 21.2. The van der Waals surface area contributed by atoms with Crippen LogP contribution in [0.1, 0.15) is 21.5 Å². The van der Waals surface area contributed by atoms with Crippen molar-refractivity contribution in [2.45, 2.75) is 13.0 Å². The molecular weight excluding hydrogens is 380 g/mol. The summed E-state index contributed by atoms with van der Waals surface area (Å²) >= 11 is 0. The lowest BCUT2D eigenvalue weighted by Crippen LogP contribution is -2.40. The van der Waals surface area contributed by atoms with Gasteiger partial charge >= 0.3 is 6.03 Å². The van der Waals surface area contributed by atoms with E-state index < -0.39 is 11.9 Å². The van der Waals surface area contributed by atoms with E-state index in [1.54, 1.807) is 31.4 Å². The fourth-order valence-corrected chi connectivity index (χ4v) is 2.78. The number of urea groups is 1. The van der Waals surface area contributed by atoms with Gasteiger partial charge in [0, 0.05) is 12.1 Å². The maximum Gasteiger partial charge on any atom is 0.321 e. The maximum atomic E-state index is 12.2. The van der Waals surface area contributed by atoms with Gasteiger partial charge in [-0.1, -0.05) is 42.5 Å². The molecule has 30 heavy (non-hydrogen) atoms. The van der Waals surface area contributed by atoms with Crippen molar-refractivity contribution in [2.24, 2.45) is 0 Å². The molecule has 0 aliphatic carbocycles. The summed E-state index contributed by atoms with van der Waals surface area (Å²) in [7, 11) is 1.61. The Morgan fingerprint density at radius 3 is 2.13 bits per heavy atom. The predicted octanol–water partition coefficient (Wildman–Crippen LogP) is 3.96. The molecule has 0 radical (unpaired) electrons. The minimum atomic E-state index is -0.530. The molecule has 0 saturated heterocycles. The Kier molecular flexibility index (Phi) is 7.44. The van der Waals surface area contributed by atoms with Crippen molar-refractivity contribution in [1.82, 2.24) is 10.6 Å². The minimum Gasteiger partial charge on any atom is -0.497 e. The van der Waals surface area contributed by atoms with Gasteiger partial charge in [0.25, 0.3) is 5.91 Å². The lowest BCUT2D eigenvalue weighted by Gasteiger charge is -2.09. The number of carbonyl (C=O) groups excluding carboxylic acids is 2. The lowest BCUT2D eigenvalue weighted by atomic mass is 10.1. The molecule has 0 bridgehead atoms. The largest absolute Gasteiger partial charge is 0.497 e. The number of hydrogen-bond acceptors (Lipinski definition) is 4. The smallest absolute Gasteiger partial charge is 0.321 e. The van der Waals surface area contributed by atoms with Crippen LogP contribution in [0.3, 0.4) is 0 Å². The summed E-state index contributed by atoms with van der Waals surface area (Å²) in [6.45, 7) is 0.862. The Hall–Kier alpha value is -3.80. The van der Waals surface area contributed by atoms with Crippen LogP contribution in [-0.2, 0) is 13.0 Å². The summed E-state index contributed by atoms with van der Waals surface area (Å²) in [5, 5.41) is 5.01. The van der Waals surface area contributed by atoms with Crippen LogP contribution < -0.4 is 20.1 Å². The first kappa shape index (κ1) is 20.9. The van der Waals surface area contributed by atoms with Gasteiger partial charge in [-0.2, -0.15) is 0 Å². The molecule has 0 unspecified atom stereocenters. The van der Waals surface area contributed by atoms with Gasteiger partial charge in [0.05, 0.1) is 7.11 Å². The molecule has 0 fully saturated rings. The molecule has 0 aliphatic heterocycles. The Labute approximate surface area is 175 Å². The highest BCUT2D eigenvalue weighted by Gasteiger charge is 2.10. The molecule has 0 aromatic heterocycles. The van der Waals surface area contributed by atoms with Crippen molar-refractivity contribution < 1.29 is 19.1 Å². The fourth-order valence-electron chi connectivity index (χ4n) is 2.78. The normalized spacial score (nSPS) is 10.2. The molecular formula is C24H24N2O4. The van der Waals surface area contributed by atoms with Crippen LogP contribution in [0.2, 0.25) is 0 Å². The van der Waals surface area contributed by atoms with Crippen molar-refractivity contribution in [3.8, 4) is 11.5 Å². The van der Waals surface area contributed by atoms with E-state index >= 15 is 0 Å². The summed E-state index contributed by atoms with van der Waals surface area (Å²) in [6, 6.07) is 23.6. The third-order valence-corrected chi connectivity index (χ3v) is 4.45. The zero-order valence-corrected chi connectivity index (χ0v) is 16.8. The van der Waals surface area contributed by atoms with Crippen molar-refractivity contribution in [3.05, 3.63) is 95.6 Å². The molecule has 0 atom stereocenters. The van der Waals surface area contributed by atoms with Crippen molar-refractivity contribution in [2.75, 3.05) is 13.7 Å². The van der Waals surface area contributed by atoms with Crippen LogP contribution in [0, 0.1) is 0 Å². The molecule has 0 aliphatic rings. The van der Waals surface area contributed by atoms with Gasteiger partial charge in [-0.25, -0.2) is 4.79 Å². The maximum absolute atomic E-state index is 12.2. The number of nitrogens with one attached hydrogen (secondary N) is 2. The summed E-state index contributed by atoms with van der Waals surface area (Å²) in [5.41, 5.74) is 2.51. The topological polar surface area (TPSA) is 76.7 Å². The first-order valence-corrected chi connectivity index (χ1v) is 9.63. The van der Waals surface area contributed by atoms with Crippen LogP contribution in [0.15, 0.2) is 78.9 Å². The van der Waals surface area contributed by atoms with Gasteiger partial charge in [0.15, 0.2) is 0 Å². The van der Waals surface area contributed by atoms with E-state index in [4.69, 9.17) is 9.47 Å². The second-order valence-electron chi connectivity index (χ2n) is 6.61. The summed E-state index contributed by atoms with van der Waals surface area (Å²) in [6.07, 6.45) is 0.652. The average Bonchev–Trinajstić information content (AvgIpc) is 2.79. The molecule has 154 valence electrons. The van der Waals surface area contributed by atoms with Crippen LogP contribution >= 0.6 is 0 Å². The molecule has 0 heterocycles. The van der Waals surface area contributed by atoms with Crippen molar-refractivity contribution >= 4 is 11.9 Å². The summed E-state index contributed by atoms with van der Waals surface area (Å²) in [4.78, 5) is 24.2. The third kappa shape index (κ3) is 6.38. The van der Waals surface area contributed by atoms with E-state index in [1.807, 2.05) is 54.6 Å². The number of imide groups is 1. The molecule has 6 nitrogen and oxygen atoms in total. The van der Waals surface area contributed by atoms with Crippen molar-refractivity contribution in [3.63, 3.8) is 0 Å². The summed E-state index contributed by atoms with van der Waals surface area (Å²) in [5.74, 6) is 0.970. The highest BCUT2D eigenvalue weighted by molar-refractivity contribution is 6.04. The number of benzene rings is 3. The number of amides is 3. The van der Waals surface area contributed by atoms with Gasteiger partial charge in [0.1, 0.15) is 18.1 Å². The summed E-state index contributed by atoms with van der Waals surface area (Å²) < 4.78 is 10.8. The lowest BCUT2D eigenvalue weighted by molar-refractivity contribution is 0.0964. The van der Waals surface area contributed by atoms with E-state index in [-0.39, 0.29) is 0 Å². The first-order valence-electron chi connectivity index (χ1n) is 9.63. The molecule has 3 amide bonds. The standard InChI is InChI=1S/C24H24N2O4/c1-29-21-11-7-18(8-12-21)15-16-25-24(28)26-23(27)20-9-13-22(14-10-20)30-17-19-5-3-2-4-6-19/h2-14H,15-17H2,1H3,(H2,25,26,27,28). The Morgan fingerprint density at radius 2 is 1.47 bits per heavy atom. The number of rotatable bonds is 8. The third-order valence-electron chi connectivity index (χ3n) is 4.45. The van der Waals surface area contributed by atoms with E-state index in [9.17, 15) is 9.59 Å². The molecule has 3 aromatic rings. The Bertz CT molecular complexity index is 955. The Morgan fingerprint density at radius 1 is 0.800 bits per heavy atom. The monoisotopic (exact) mass is 404 g/mol. The zero-order valence-electron chi connectivity index (χ0n) is 16.8. The molecule has 3 aromatic carbocycles. The molecule has 6 heteroatoms. The number of carbonyl (C=O) groups is 2. The van der Waals surface area contributed by atoms with E-state index in [0.29, 0.717) is 30.9 Å². The van der Waals surface area contributed by atoms with Crippen LogP contribution in [0.4, 0.5) is 4.79 Å². The number of ether oxygens (including phenoxy) is 2. The van der Waals surface area contributed by atoms with Gasteiger partial charge in [0.2, 0.25) is 0 Å². The van der Waals surface area contributed by atoms with E-state index in [0.717, 1.165) is 16.9 Å². The van der Waals surface area contributed by atoms with Gasteiger partial charge in [-0.15, -0.1) is 0 Å². The van der Waals surface area contributed by atoms with Crippen LogP contribution in [-0.4, -0.2) is 25.6 Å². The number of methoxy groups -OCH3 is 1. The fraction of sp³-hybridized carbons (Fsp3) is 0.167. The second-order valence-corrected chi connectivity index (χ2v) is 6.61. The predicted molar refractivity (Wildman–Crippen MR) is 115 cm³/mol. The highest BCUT2D eigenvalue weighted by Crippen LogP contribution is 2.14. The van der Waals surface area contributed by atoms with Gasteiger partial charge in [-0.3, -0.25) is 10.1 Å². The second kappa shape index (κ2) is 10.7. The SMILES string of the molecule is COc1ccc(CCNC(=O)NC(=O)c2ccc(OCc3ccccc3)cc2)cc1. The van der Waals surface area contributed by atoms with Crippen molar-refractivity contribution in [1.29, 1.82) is 0 Å². The Balaban J connectivity index is 1.41. The van der Waals surface area contributed by atoms with Crippen LogP contribution in [0.5, 0.6) is 11.5 Å². The van der Waals surface area contributed by atoms with E-state index in [1.165, 1.54) is 0 Å². The first-order chi connectivity index (χ1) is 14.6. The molecule has 2 N–H and O–H groups in total. The minimum absolute atomic E-state index is 0.382. The number of hydrogen-bond donors (Lipinski definition) is 2. The molecule has 0 spiro atoms. The molecule has 0 saturated carbocycles. The highest BCUT2D eigenvalue weighted by atomic mass is 16.5. The average molecular weight is 404 g/mol. The van der Waals surface area contributed by atoms with E-state index in [2.05, 4.69) is 10.6 Å².